The van der Waals surface area contributed by atoms with Crippen LogP contribution >= 0.6 is 0 Å². The number of methoxy groups -OCH3 is 2. The van der Waals surface area contributed by atoms with Crippen molar-refractivity contribution >= 4 is 5.91 Å². The Morgan fingerprint density at radius 3 is 2.42 bits per heavy atom. The summed E-state index contributed by atoms with van der Waals surface area (Å²) in [6.45, 7) is 9.87. The van der Waals surface area contributed by atoms with Gasteiger partial charge in [0.1, 0.15) is 5.76 Å². The lowest BCUT2D eigenvalue weighted by Crippen LogP contribution is -2.28. The first kappa shape index (κ1) is 19.8. The highest BCUT2D eigenvalue weighted by molar-refractivity contribution is 5.78. The first-order valence-corrected chi connectivity index (χ1v) is 8.63. The van der Waals surface area contributed by atoms with Gasteiger partial charge in [-0.15, -0.1) is 0 Å². The number of nitrogens with zero attached hydrogens (tertiary/aromatic N) is 1. The molecule has 1 atom stereocenters. The number of hydrogen-bond acceptors (Lipinski definition) is 5. The summed E-state index contributed by atoms with van der Waals surface area (Å²) in [7, 11) is 3.18. The van der Waals surface area contributed by atoms with Gasteiger partial charge in [-0.3, -0.25) is 4.79 Å². The van der Waals surface area contributed by atoms with E-state index in [1.54, 1.807) is 14.2 Å². The molecule has 1 unspecified atom stereocenters. The Labute approximate surface area is 154 Å². The molecule has 1 heterocycles. The fourth-order valence-electron chi connectivity index (χ4n) is 2.56. The van der Waals surface area contributed by atoms with Crippen LogP contribution in [0.3, 0.4) is 0 Å². The van der Waals surface area contributed by atoms with Gasteiger partial charge in [-0.2, -0.15) is 0 Å². The van der Waals surface area contributed by atoms with E-state index in [1.165, 1.54) is 0 Å². The first-order chi connectivity index (χ1) is 12.2. The van der Waals surface area contributed by atoms with Crippen LogP contribution < -0.4 is 14.8 Å². The van der Waals surface area contributed by atoms with Crippen molar-refractivity contribution in [2.75, 3.05) is 14.2 Å². The average Bonchev–Trinajstić information content (AvgIpc) is 2.95. The number of amides is 1. The van der Waals surface area contributed by atoms with Crippen LogP contribution in [-0.2, 0) is 16.6 Å². The molecular formula is C20H28N2O4. The maximum Gasteiger partial charge on any atom is 0.228 e. The summed E-state index contributed by atoms with van der Waals surface area (Å²) in [5.74, 6) is 2.42. The topological polar surface area (TPSA) is 73.6 Å². The van der Waals surface area contributed by atoms with Gasteiger partial charge in [0.15, 0.2) is 17.4 Å². The zero-order valence-electron chi connectivity index (χ0n) is 16.6. The number of benzene rings is 1. The number of aryl methyl sites for hydroxylation is 1. The predicted octanol–water partition coefficient (Wildman–Crippen LogP) is 3.72. The number of carbonyl (C=O) groups excluding carboxylic acids is 1. The van der Waals surface area contributed by atoms with Crippen LogP contribution in [0, 0.1) is 6.92 Å². The van der Waals surface area contributed by atoms with E-state index in [0.717, 1.165) is 11.3 Å². The zero-order chi connectivity index (χ0) is 19.5. The van der Waals surface area contributed by atoms with E-state index in [4.69, 9.17) is 13.9 Å². The number of ether oxygens (including phenoxy) is 2. The van der Waals surface area contributed by atoms with Gasteiger partial charge in [-0.25, -0.2) is 4.98 Å². The van der Waals surface area contributed by atoms with Gasteiger partial charge in [-0.1, -0.05) is 26.8 Å². The van der Waals surface area contributed by atoms with Crippen LogP contribution in [0.1, 0.15) is 56.6 Å². The SMILES string of the molecule is COc1ccc(C(C)NC(=O)Cc2oc(C(C)(C)C)nc2C)cc1OC. The normalized spacial score (nSPS) is 12.6. The summed E-state index contributed by atoms with van der Waals surface area (Å²) in [6, 6.07) is 5.42. The number of aromatic nitrogens is 1. The molecule has 6 heteroatoms. The van der Waals surface area contributed by atoms with Crippen LogP contribution in [0.5, 0.6) is 11.5 Å². The summed E-state index contributed by atoms with van der Waals surface area (Å²) < 4.78 is 16.4. The fourth-order valence-corrected chi connectivity index (χ4v) is 2.56. The van der Waals surface area contributed by atoms with Gasteiger partial charge in [0, 0.05) is 5.41 Å². The molecule has 0 saturated carbocycles. The lowest BCUT2D eigenvalue weighted by molar-refractivity contribution is -0.121. The minimum Gasteiger partial charge on any atom is -0.493 e. The number of carbonyl (C=O) groups is 1. The van der Waals surface area contributed by atoms with Crippen molar-refractivity contribution in [3.63, 3.8) is 0 Å². The lowest BCUT2D eigenvalue weighted by atomic mass is 9.97. The molecule has 1 aromatic carbocycles. The maximum atomic E-state index is 12.4. The summed E-state index contributed by atoms with van der Waals surface area (Å²) in [5.41, 5.74) is 1.50. The Balaban J connectivity index is 2.07. The molecule has 2 aromatic rings. The summed E-state index contributed by atoms with van der Waals surface area (Å²) >= 11 is 0. The van der Waals surface area contributed by atoms with E-state index in [0.29, 0.717) is 23.1 Å². The molecule has 1 aromatic heterocycles. The van der Waals surface area contributed by atoms with Crippen LogP contribution in [0.15, 0.2) is 22.6 Å². The molecule has 0 aliphatic rings. The van der Waals surface area contributed by atoms with Gasteiger partial charge < -0.3 is 19.2 Å². The van der Waals surface area contributed by atoms with Crippen molar-refractivity contribution in [1.82, 2.24) is 10.3 Å². The maximum absolute atomic E-state index is 12.4. The Kier molecular flexibility index (Phi) is 5.95. The molecule has 0 radical (unpaired) electrons. The van der Waals surface area contributed by atoms with Crippen LogP contribution in [0.4, 0.5) is 0 Å². The smallest absolute Gasteiger partial charge is 0.228 e. The molecule has 142 valence electrons. The van der Waals surface area contributed by atoms with Crippen molar-refractivity contribution in [3.05, 3.63) is 41.1 Å². The number of nitrogens with one attached hydrogen (secondary N) is 1. The van der Waals surface area contributed by atoms with Crippen LogP contribution in [-0.4, -0.2) is 25.1 Å². The Bertz CT molecular complexity index is 775. The minimum absolute atomic E-state index is 0.119. The molecule has 0 aliphatic carbocycles. The Hall–Kier alpha value is -2.50. The van der Waals surface area contributed by atoms with Crippen molar-refractivity contribution in [2.45, 2.75) is 52.5 Å². The third-order valence-corrected chi connectivity index (χ3v) is 4.14. The third kappa shape index (κ3) is 4.56. The molecule has 1 N–H and O–H groups in total. The number of rotatable bonds is 6. The molecule has 26 heavy (non-hydrogen) atoms. The van der Waals surface area contributed by atoms with Crippen molar-refractivity contribution < 1.29 is 18.7 Å². The molecule has 6 nitrogen and oxygen atoms in total. The molecule has 0 fully saturated rings. The number of oxazole rings is 1. The third-order valence-electron chi connectivity index (χ3n) is 4.14. The molecule has 0 aliphatic heterocycles. The van der Waals surface area contributed by atoms with Gasteiger partial charge in [-0.05, 0) is 31.5 Å². The van der Waals surface area contributed by atoms with Gasteiger partial charge >= 0.3 is 0 Å². The highest BCUT2D eigenvalue weighted by atomic mass is 16.5. The quantitative estimate of drug-likeness (QED) is 0.850. The first-order valence-electron chi connectivity index (χ1n) is 8.63. The van der Waals surface area contributed by atoms with Crippen LogP contribution in [0.2, 0.25) is 0 Å². The second-order valence-electron chi connectivity index (χ2n) is 7.36. The standard InChI is InChI=1S/C20H28N2O4/c1-12(14-8-9-15(24-6)17(10-14)25-7)21-18(23)11-16-13(2)22-19(26-16)20(3,4)5/h8-10,12H,11H2,1-7H3,(H,21,23). The summed E-state index contributed by atoms with van der Waals surface area (Å²) in [6.07, 6.45) is 0.159. The van der Waals surface area contributed by atoms with Crippen LogP contribution in [0.25, 0.3) is 0 Å². The van der Waals surface area contributed by atoms with E-state index in [2.05, 4.69) is 10.3 Å². The largest absolute Gasteiger partial charge is 0.493 e. The highest BCUT2D eigenvalue weighted by Crippen LogP contribution is 2.30. The van der Waals surface area contributed by atoms with Gasteiger partial charge in [0.05, 0.1) is 32.4 Å². The molecule has 0 saturated heterocycles. The lowest BCUT2D eigenvalue weighted by Gasteiger charge is -2.16. The van der Waals surface area contributed by atoms with Gasteiger partial charge in [0.25, 0.3) is 0 Å². The van der Waals surface area contributed by atoms with Crippen molar-refractivity contribution in [3.8, 4) is 11.5 Å². The van der Waals surface area contributed by atoms with E-state index < -0.39 is 0 Å². The zero-order valence-corrected chi connectivity index (χ0v) is 16.6. The van der Waals surface area contributed by atoms with Crippen molar-refractivity contribution in [1.29, 1.82) is 0 Å². The van der Waals surface area contributed by atoms with Gasteiger partial charge in [0.2, 0.25) is 5.91 Å². The molecule has 1 amide bonds. The van der Waals surface area contributed by atoms with E-state index in [-0.39, 0.29) is 23.8 Å². The Morgan fingerprint density at radius 1 is 1.23 bits per heavy atom. The fraction of sp³-hybridized carbons (Fsp3) is 0.500. The van der Waals surface area contributed by atoms with E-state index in [1.807, 2.05) is 52.8 Å². The predicted molar refractivity (Wildman–Crippen MR) is 99.7 cm³/mol. The highest BCUT2D eigenvalue weighted by Gasteiger charge is 2.23. The molecule has 0 spiro atoms. The summed E-state index contributed by atoms with van der Waals surface area (Å²) in [5, 5.41) is 2.99. The van der Waals surface area contributed by atoms with E-state index >= 15 is 0 Å². The molecular weight excluding hydrogens is 332 g/mol. The molecule has 2 rings (SSSR count). The second-order valence-corrected chi connectivity index (χ2v) is 7.36. The monoisotopic (exact) mass is 360 g/mol. The average molecular weight is 360 g/mol. The number of hydrogen-bond donors (Lipinski definition) is 1. The van der Waals surface area contributed by atoms with E-state index in [9.17, 15) is 4.79 Å². The second kappa shape index (κ2) is 7.81. The summed E-state index contributed by atoms with van der Waals surface area (Å²) in [4.78, 5) is 16.9. The Morgan fingerprint density at radius 2 is 1.88 bits per heavy atom. The molecule has 0 bridgehead atoms. The minimum atomic E-state index is -0.188. The van der Waals surface area contributed by atoms with Crippen molar-refractivity contribution in [2.24, 2.45) is 0 Å².